The molecule has 21 heavy (non-hydrogen) atoms. The maximum atomic E-state index is 12.1. The van der Waals surface area contributed by atoms with Crippen LogP contribution in [0.3, 0.4) is 0 Å². The molecule has 0 aliphatic rings. The minimum atomic E-state index is -0.364. The number of rotatable bonds is 5. The number of ether oxygens (including phenoxy) is 2. The Labute approximate surface area is 124 Å². The maximum absolute atomic E-state index is 12.1. The molecule has 1 aromatic heterocycles. The zero-order valence-corrected chi connectivity index (χ0v) is 12.8. The summed E-state index contributed by atoms with van der Waals surface area (Å²) in [4.78, 5) is 18.3. The number of hydrogen-bond donors (Lipinski definition) is 0. The summed E-state index contributed by atoms with van der Waals surface area (Å²) < 4.78 is 10.6. The van der Waals surface area contributed by atoms with Gasteiger partial charge in [-0.1, -0.05) is 0 Å². The Hall–Kier alpha value is -2.30. The number of benzene rings is 1. The van der Waals surface area contributed by atoms with Crippen LogP contribution in [-0.2, 0) is 4.74 Å². The van der Waals surface area contributed by atoms with E-state index in [0.717, 1.165) is 22.3 Å². The Balaban J connectivity index is 2.65. The van der Waals surface area contributed by atoms with Gasteiger partial charge in [0.1, 0.15) is 11.3 Å². The van der Waals surface area contributed by atoms with Gasteiger partial charge in [-0.25, -0.2) is 4.79 Å². The smallest absolute Gasteiger partial charge is 0.341 e. The minimum absolute atomic E-state index is 0.336. The summed E-state index contributed by atoms with van der Waals surface area (Å²) in [6, 6.07) is 5.68. The van der Waals surface area contributed by atoms with Crippen molar-refractivity contribution in [2.75, 3.05) is 32.2 Å². The van der Waals surface area contributed by atoms with E-state index in [-0.39, 0.29) is 5.97 Å². The molecule has 0 aliphatic carbocycles. The number of carbonyl (C=O) groups is 1. The van der Waals surface area contributed by atoms with Crippen molar-refractivity contribution in [2.45, 2.75) is 13.8 Å². The highest BCUT2D eigenvalue weighted by atomic mass is 16.5. The van der Waals surface area contributed by atoms with E-state index in [0.29, 0.717) is 18.8 Å². The van der Waals surface area contributed by atoms with E-state index in [9.17, 15) is 4.79 Å². The molecule has 2 aromatic rings. The Bertz CT molecular complexity index is 653. The highest BCUT2D eigenvalue weighted by Crippen LogP contribution is 2.31. The van der Waals surface area contributed by atoms with Crippen LogP contribution in [0, 0.1) is 0 Å². The average molecular weight is 288 g/mol. The number of esters is 1. The van der Waals surface area contributed by atoms with Crippen molar-refractivity contribution in [1.29, 1.82) is 0 Å². The van der Waals surface area contributed by atoms with Crippen LogP contribution in [0.4, 0.5) is 5.69 Å². The molecule has 1 aromatic carbocycles. The predicted molar refractivity (Wildman–Crippen MR) is 83.2 cm³/mol. The highest BCUT2D eigenvalue weighted by molar-refractivity contribution is 6.05. The van der Waals surface area contributed by atoms with Crippen LogP contribution in [0.15, 0.2) is 24.4 Å². The lowest BCUT2D eigenvalue weighted by atomic mass is 10.1. The first-order chi connectivity index (χ1) is 10.1. The second-order valence-electron chi connectivity index (χ2n) is 4.75. The first-order valence-electron chi connectivity index (χ1n) is 6.98. The van der Waals surface area contributed by atoms with E-state index in [1.165, 1.54) is 0 Å². The van der Waals surface area contributed by atoms with Crippen molar-refractivity contribution in [3.63, 3.8) is 0 Å². The van der Waals surface area contributed by atoms with Crippen LogP contribution in [0.1, 0.15) is 24.2 Å². The van der Waals surface area contributed by atoms with Crippen molar-refractivity contribution in [3.8, 4) is 5.75 Å². The quantitative estimate of drug-likeness (QED) is 0.792. The Morgan fingerprint density at radius 3 is 2.62 bits per heavy atom. The molecule has 0 bridgehead atoms. The van der Waals surface area contributed by atoms with Crippen molar-refractivity contribution in [2.24, 2.45) is 0 Å². The van der Waals surface area contributed by atoms with Crippen LogP contribution in [0.2, 0.25) is 0 Å². The predicted octanol–water partition coefficient (Wildman–Crippen LogP) is 2.88. The first-order valence-corrected chi connectivity index (χ1v) is 6.98. The third-order valence-corrected chi connectivity index (χ3v) is 3.06. The van der Waals surface area contributed by atoms with Gasteiger partial charge >= 0.3 is 5.97 Å². The molecule has 0 saturated heterocycles. The van der Waals surface area contributed by atoms with Gasteiger partial charge in [0, 0.05) is 25.7 Å². The van der Waals surface area contributed by atoms with Gasteiger partial charge in [0.2, 0.25) is 0 Å². The summed E-state index contributed by atoms with van der Waals surface area (Å²) in [7, 11) is 3.79. The molecule has 0 unspecified atom stereocenters. The molecular formula is C16H20N2O3. The number of anilines is 1. The van der Waals surface area contributed by atoms with Crippen LogP contribution in [0.25, 0.3) is 10.9 Å². The minimum Gasteiger partial charge on any atom is -0.494 e. The second kappa shape index (κ2) is 6.43. The average Bonchev–Trinajstić information content (AvgIpc) is 2.46. The van der Waals surface area contributed by atoms with Crippen molar-refractivity contribution in [1.82, 2.24) is 4.98 Å². The second-order valence-corrected chi connectivity index (χ2v) is 4.75. The Morgan fingerprint density at radius 2 is 2.00 bits per heavy atom. The fourth-order valence-corrected chi connectivity index (χ4v) is 2.25. The summed E-state index contributed by atoms with van der Waals surface area (Å²) in [5.74, 6) is 0.397. The number of fused-ring (bicyclic) bond motifs is 1. The number of hydrogen-bond acceptors (Lipinski definition) is 5. The molecule has 1 heterocycles. The van der Waals surface area contributed by atoms with Crippen molar-refractivity contribution in [3.05, 3.63) is 30.0 Å². The van der Waals surface area contributed by atoms with E-state index < -0.39 is 0 Å². The zero-order chi connectivity index (χ0) is 15.4. The molecule has 2 rings (SSSR count). The molecule has 5 heteroatoms. The third-order valence-electron chi connectivity index (χ3n) is 3.06. The normalized spacial score (nSPS) is 10.5. The molecule has 0 saturated carbocycles. The van der Waals surface area contributed by atoms with Crippen molar-refractivity contribution >= 4 is 22.6 Å². The Morgan fingerprint density at radius 1 is 1.24 bits per heavy atom. The number of pyridine rings is 1. The lowest BCUT2D eigenvalue weighted by Gasteiger charge is -2.19. The molecule has 0 radical (unpaired) electrons. The fraction of sp³-hybridized carbons (Fsp3) is 0.375. The molecule has 0 atom stereocenters. The lowest BCUT2D eigenvalue weighted by molar-refractivity contribution is 0.0527. The molecule has 0 aliphatic heterocycles. The van der Waals surface area contributed by atoms with Gasteiger partial charge in [0.05, 0.1) is 24.4 Å². The molecule has 0 N–H and O–H groups in total. The largest absolute Gasteiger partial charge is 0.494 e. The van der Waals surface area contributed by atoms with E-state index in [1.54, 1.807) is 13.1 Å². The molecular weight excluding hydrogens is 268 g/mol. The summed E-state index contributed by atoms with van der Waals surface area (Å²) >= 11 is 0. The lowest BCUT2D eigenvalue weighted by Crippen LogP contribution is -2.16. The van der Waals surface area contributed by atoms with Gasteiger partial charge in [-0.2, -0.15) is 0 Å². The number of aromatic nitrogens is 1. The van der Waals surface area contributed by atoms with Crippen LogP contribution in [0.5, 0.6) is 5.75 Å². The fourth-order valence-electron chi connectivity index (χ4n) is 2.25. The van der Waals surface area contributed by atoms with E-state index in [1.807, 2.05) is 44.1 Å². The van der Waals surface area contributed by atoms with Gasteiger partial charge in [-0.3, -0.25) is 4.98 Å². The van der Waals surface area contributed by atoms with E-state index in [4.69, 9.17) is 9.47 Å². The monoisotopic (exact) mass is 288 g/mol. The molecule has 112 valence electrons. The van der Waals surface area contributed by atoms with E-state index >= 15 is 0 Å². The van der Waals surface area contributed by atoms with Crippen molar-refractivity contribution < 1.29 is 14.3 Å². The zero-order valence-electron chi connectivity index (χ0n) is 12.8. The van der Waals surface area contributed by atoms with Gasteiger partial charge in [-0.05, 0) is 32.0 Å². The Kier molecular flexibility index (Phi) is 4.62. The standard InChI is InChI=1S/C16H20N2O3/c1-5-20-11-7-8-14-12(9-11)15(18(3)4)13(10-17-14)16(19)21-6-2/h7-10H,5-6H2,1-4H3. The molecule has 0 spiro atoms. The van der Waals surface area contributed by atoms with Gasteiger partial charge in [0.15, 0.2) is 0 Å². The first kappa shape index (κ1) is 15.1. The topological polar surface area (TPSA) is 51.7 Å². The summed E-state index contributed by atoms with van der Waals surface area (Å²) in [6.45, 7) is 4.65. The molecule has 5 nitrogen and oxygen atoms in total. The number of nitrogens with zero attached hydrogens (tertiary/aromatic N) is 2. The summed E-state index contributed by atoms with van der Waals surface area (Å²) in [5.41, 5.74) is 2.07. The third kappa shape index (κ3) is 3.07. The highest BCUT2D eigenvalue weighted by Gasteiger charge is 2.18. The van der Waals surface area contributed by atoms with Gasteiger partial charge in [-0.15, -0.1) is 0 Å². The molecule has 0 amide bonds. The molecule has 0 fully saturated rings. The van der Waals surface area contributed by atoms with Crippen LogP contribution < -0.4 is 9.64 Å². The summed E-state index contributed by atoms with van der Waals surface area (Å²) in [6.07, 6.45) is 1.57. The number of carbonyl (C=O) groups excluding carboxylic acids is 1. The SMILES string of the molecule is CCOC(=O)c1cnc2ccc(OCC)cc2c1N(C)C. The van der Waals surface area contributed by atoms with Gasteiger partial charge in [0.25, 0.3) is 0 Å². The van der Waals surface area contributed by atoms with Gasteiger partial charge < -0.3 is 14.4 Å². The maximum Gasteiger partial charge on any atom is 0.341 e. The van der Waals surface area contributed by atoms with E-state index in [2.05, 4.69) is 4.98 Å². The van der Waals surface area contributed by atoms with Crippen LogP contribution >= 0.6 is 0 Å². The summed E-state index contributed by atoms with van der Waals surface area (Å²) in [5, 5.41) is 0.872. The van der Waals surface area contributed by atoms with Crippen LogP contribution in [-0.4, -0.2) is 38.3 Å².